The Balaban J connectivity index is 1.43. The lowest BCUT2D eigenvalue weighted by molar-refractivity contribution is 0.413. The van der Waals surface area contributed by atoms with Gasteiger partial charge in [-0.25, -0.2) is 18.6 Å². The van der Waals surface area contributed by atoms with Crippen molar-refractivity contribution in [2.75, 3.05) is 13.7 Å². The zero-order valence-electron chi connectivity index (χ0n) is 14.3. The van der Waals surface area contributed by atoms with Crippen molar-refractivity contribution in [3.63, 3.8) is 0 Å². The van der Waals surface area contributed by atoms with E-state index in [2.05, 4.69) is 10.1 Å². The molecule has 0 saturated carbocycles. The average Bonchev–Trinajstić information content (AvgIpc) is 3.22. The molecule has 4 rings (SSSR count). The molecule has 0 aromatic heterocycles. The van der Waals surface area contributed by atoms with Crippen LogP contribution in [-0.2, 0) is 10.0 Å². The van der Waals surface area contributed by atoms with Crippen LogP contribution in [0.15, 0.2) is 58.6 Å². The molecule has 0 saturated heterocycles. The van der Waals surface area contributed by atoms with Crippen LogP contribution in [0.4, 0.5) is 0 Å². The van der Waals surface area contributed by atoms with E-state index >= 15 is 0 Å². The molecule has 2 aromatic carbocycles. The number of nitrogens with zero attached hydrogens (tertiary/aromatic N) is 3. The fourth-order valence-corrected chi connectivity index (χ4v) is 4.27. The number of hydrazone groups is 1. The Morgan fingerprint density at radius 2 is 1.67 bits per heavy atom. The van der Waals surface area contributed by atoms with Crippen LogP contribution in [0, 0.1) is 0 Å². The molecule has 27 heavy (non-hydrogen) atoms. The van der Waals surface area contributed by atoms with Crippen molar-refractivity contribution < 1.29 is 17.9 Å². The number of rotatable bonds is 4. The number of primary sulfonamides is 1. The van der Waals surface area contributed by atoms with Crippen molar-refractivity contribution in [3.05, 3.63) is 54.1 Å². The lowest BCUT2D eigenvalue weighted by Gasteiger charge is -2.11. The minimum Gasteiger partial charge on any atom is -0.497 e. The van der Waals surface area contributed by atoms with Crippen molar-refractivity contribution in [2.45, 2.75) is 6.04 Å². The minimum atomic E-state index is -3.80. The van der Waals surface area contributed by atoms with E-state index in [9.17, 15) is 8.42 Å². The molecule has 2 heterocycles. The maximum absolute atomic E-state index is 11.4. The highest BCUT2D eigenvalue weighted by atomic mass is 32.3. The summed E-state index contributed by atoms with van der Waals surface area (Å²) in [7, 11) is -2.18. The summed E-state index contributed by atoms with van der Waals surface area (Å²) in [5, 5.41) is 11.2. The van der Waals surface area contributed by atoms with Crippen LogP contribution in [-0.4, -0.2) is 36.6 Å². The molecule has 0 spiro atoms. The number of benzene rings is 2. The maximum Gasteiger partial charge on any atom is 0.264 e. The Bertz CT molecular complexity index is 1020. The number of aliphatic imine (C=N–C) groups is 1. The van der Waals surface area contributed by atoms with Gasteiger partial charge in [-0.2, -0.15) is 0 Å². The third-order valence-electron chi connectivity index (χ3n) is 4.02. The van der Waals surface area contributed by atoms with Crippen LogP contribution < -0.4 is 14.6 Å². The molecule has 2 N–H and O–H groups in total. The third kappa shape index (κ3) is 3.77. The molecule has 0 radical (unpaired) electrons. The van der Waals surface area contributed by atoms with E-state index in [1.54, 1.807) is 12.1 Å². The molecule has 0 bridgehead atoms. The molecule has 0 fully saturated rings. The van der Waals surface area contributed by atoms with Crippen molar-refractivity contribution in [2.24, 2.45) is 15.2 Å². The molecule has 2 aliphatic heterocycles. The van der Waals surface area contributed by atoms with Crippen LogP contribution in [0.2, 0.25) is 0 Å². The van der Waals surface area contributed by atoms with E-state index in [1.807, 2.05) is 48.5 Å². The highest BCUT2D eigenvalue weighted by Crippen LogP contribution is 2.35. The molecule has 1 unspecified atom stereocenters. The summed E-state index contributed by atoms with van der Waals surface area (Å²) in [6.07, 6.45) is 0. The van der Waals surface area contributed by atoms with E-state index in [0.29, 0.717) is 23.2 Å². The van der Waals surface area contributed by atoms with Gasteiger partial charge in [0, 0.05) is 0 Å². The van der Waals surface area contributed by atoms with Crippen molar-refractivity contribution in [1.82, 2.24) is 5.01 Å². The molecule has 140 valence electrons. The van der Waals surface area contributed by atoms with Crippen molar-refractivity contribution >= 4 is 31.3 Å². The number of ether oxygens (including phenoxy) is 2. The molecular weight excluding hydrogens is 388 g/mol. The monoisotopic (exact) mass is 404 g/mol. The van der Waals surface area contributed by atoms with Crippen LogP contribution in [0.3, 0.4) is 0 Å². The van der Waals surface area contributed by atoms with Gasteiger partial charge in [0.15, 0.2) is 5.17 Å². The zero-order valence-corrected chi connectivity index (χ0v) is 15.9. The largest absolute Gasteiger partial charge is 0.497 e. The summed E-state index contributed by atoms with van der Waals surface area (Å²) in [6.45, 7) is 0.472. The van der Waals surface area contributed by atoms with Gasteiger partial charge < -0.3 is 9.47 Å². The van der Waals surface area contributed by atoms with Gasteiger partial charge in [-0.1, -0.05) is 12.1 Å². The maximum atomic E-state index is 11.4. The summed E-state index contributed by atoms with van der Waals surface area (Å²) < 4.78 is 33.5. The van der Waals surface area contributed by atoms with Crippen LogP contribution in [0.25, 0.3) is 0 Å². The molecular formula is C17H16N4O4S2. The Labute approximate surface area is 160 Å². The molecule has 0 amide bonds. The van der Waals surface area contributed by atoms with Gasteiger partial charge in [0.2, 0.25) is 4.38 Å². The Kier molecular flexibility index (Phi) is 4.54. The summed E-state index contributed by atoms with van der Waals surface area (Å²) in [5.74, 6) is 2.19. The van der Waals surface area contributed by atoms with E-state index in [0.717, 1.165) is 23.1 Å². The molecule has 1 atom stereocenters. The smallest absolute Gasteiger partial charge is 0.264 e. The second-order valence-electron chi connectivity index (χ2n) is 5.87. The van der Waals surface area contributed by atoms with Gasteiger partial charge >= 0.3 is 0 Å². The van der Waals surface area contributed by atoms with Gasteiger partial charge in [-0.15, -0.1) is 5.10 Å². The first-order valence-corrected chi connectivity index (χ1v) is 10.3. The number of hydrogen-bond donors (Lipinski definition) is 1. The number of methoxy groups -OCH3 is 1. The van der Waals surface area contributed by atoms with Crippen molar-refractivity contribution in [1.29, 1.82) is 0 Å². The first-order chi connectivity index (χ1) is 12.9. The van der Waals surface area contributed by atoms with Gasteiger partial charge in [0.1, 0.15) is 17.2 Å². The zero-order chi connectivity index (χ0) is 19.0. The van der Waals surface area contributed by atoms with E-state index in [1.165, 1.54) is 0 Å². The first-order valence-electron chi connectivity index (χ1n) is 7.99. The van der Waals surface area contributed by atoms with Gasteiger partial charge in [-0.05, 0) is 53.7 Å². The van der Waals surface area contributed by atoms with E-state index < -0.39 is 10.0 Å². The first kappa shape index (κ1) is 17.8. The van der Waals surface area contributed by atoms with Crippen LogP contribution in [0.5, 0.6) is 17.2 Å². The quantitative estimate of drug-likeness (QED) is 0.839. The number of hydrogen-bond acceptors (Lipinski definition) is 8. The minimum absolute atomic E-state index is 0.117. The number of nitrogens with two attached hydrogens (primary N) is 1. The standard InChI is InChI=1S/C17H16N4O4S2/c1-24-12-6-8-14(9-7-12)25-13-4-2-11(3-5-13)15-10-21-16(19-15)26-17(20-21)27(18,22)23/h2-9,15H,10H2,1H3,(H2,18,22,23). The Hall–Kier alpha value is -2.56. The van der Waals surface area contributed by atoms with Crippen LogP contribution >= 0.6 is 11.8 Å². The highest BCUT2D eigenvalue weighted by Gasteiger charge is 2.36. The topological polar surface area (TPSA) is 107 Å². The molecule has 10 heteroatoms. The lowest BCUT2D eigenvalue weighted by atomic mass is 10.1. The number of sulfonamides is 1. The van der Waals surface area contributed by atoms with Gasteiger partial charge in [0.05, 0.1) is 19.7 Å². The van der Waals surface area contributed by atoms with Gasteiger partial charge in [-0.3, -0.25) is 4.99 Å². The van der Waals surface area contributed by atoms with Crippen LogP contribution in [0.1, 0.15) is 11.6 Å². The SMILES string of the molecule is COc1ccc(Oc2ccc(C3CN4N=C(S(N)(=O)=O)SC4=N3)cc2)cc1. The van der Waals surface area contributed by atoms with E-state index in [4.69, 9.17) is 14.6 Å². The highest BCUT2D eigenvalue weighted by molar-refractivity contribution is 8.42. The van der Waals surface area contributed by atoms with Gasteiger partial charge in [0.25, 0.3) is 10.0 Å². The number of amidine groups is 1. The second-order valence-corrected chi connectivity index (χ2v) is 8.56. The summed E-state index contributed by atoms with van der Waals surface area (Å²) in [5.41, 5.74) is 0.993. The fraction of sp³-hybridized carbons (Fsp3) is 0.176. The Morgan fingerprint density at radius 3 is 2.22 bits per heavy atom. The predicted molar refractivity (Wildman–Crippen MR) is 105 cm³/mol. The summed E-state index contributed by atoms with van der Waals surface area (Å²) in [6, 6.07) is 14.8. The normalized spacial score (nSPS) is 18.7. The van der Waals surface area contributed by atoms with Crippen molar-refractivity contribution in [3.8, 4) is 17.2 Å². The average molecular weight is 404 g/mol. The number of fused-ring (bicyclic) bond motifs is 1. The third-order valence-corrected chi connectivity index (χ3v) is 6.29. The molecule has 2 aliphatic rings. The fourth-order valence-electron chi connectivity index (χ4n) is 2.68. The number of thioether (sulfide) groups is 1. The lowest BCUT2D eigenvalue weighted by Crippen LogP contribution is -2.20. The molecule has 8 nitrogen and oxygen atoms in total. The second kappa shape index (κ2) is 6.87. The van der Waals surface area contributed by atoms with E-state index in [-0.39, 0.29) is 10.4 Å². The Morgan fingerprint density at radius 1 is 1.07 bits per heavy atom. The predicted octanol–water partition coefficient (Wildman–Crippen LogP) is 2.51. The molecule has 2 aromatic rings. The molecule has 0 aliphatic carbocycles. The summed E-state index contributed by atoms with van der Waals surface area (Å²) >= 11 is 0.973. The summed E-state index contributed by atoms with van der Waals surface area (Å²) in [4.78, 5) is 4.53.